The van der Waals surface area contributed by atoms with Crippen LogP contribution in [0.5, 0.6) is 0 Å². The van der Waals surface area contributed by atoms with E-state index >= 15 is 0 Å². The van der Waals surface area contributed by atoms with Crippen molar-refractivity contribution in [3.8, 4) is 11.5 Å². The Balaban J connectivity index is 2.40. The van der Waals surface area contributed by atoms with E-state index < -0.39 is 5.82 Å². The molecule has 6 heteroatoms. The second-order valence-corrected chi connectivity index (χ2v) is 4.51. The molecule has 0 bridgehead atoms. The van der Waals surface area contributed by atoms with Gasteiger partial charge in [0, 0.05) is 4.47 Å². The van der Waals surface area contributed by atoms with Crippen LogP contribution >= 0.6 is 15.9 Å². The third-order valence-corrected chi connectivity index (χ3v) is 2.87. The van der Waals surface area contributed by atoms with Crippen LogP contribution in [0.15, 0.2) is 27.2 Å². The molecule has 0 fully saturated rings. The lowest BCUT2D eigenvalue weighted by Crippen LogP contribution is -2.10. The van der Waals surface area contributed by atoms with Crippen LogP contribution in [-0.4, -0.2) is 10.1 Å². The zero-order valence-electron chi connectivity index (χ0n) is 9.15. The molecule has 0 aliphatic heterocycles. The van der Waals surface area contributed by atoms with Gasteiger partial charge in [0.05, 0.1) is 11.6 Å². The Hall–Kier alpha value is -1.27. The van der Waals surface area contributed by atoms with Crippen molar-refractivity contribution in [1.82, 2.24) is 10.1 Å². The number of hydrogen-bond acceptors (Lipinski definition) is 4. The van der Waals surface area contributed by atoms with Gasteiger partial charge in [0.25, 0.3) is 5.89 Å². The molecular formula is C11H11BrFN3O. The monoisotopic (exact) mass is 299 g/mol. The molecule has 0 aliphatic carbocycles. The van der Waals surface area contributed by atoms with Gasteiger partial charge < -0.3 is 10.3 Å². The van der Waals surface area contributed by atoms with E-state index in [0.29, 0.717) is 12.2 Å². The molecule has 0 radical (unpaired) electrons. The fourth-order valence-electron chi connectivity index (χ4n) is 1.34. The molecule has 90 valence electrons. The summed E-state index contributed by atoms with van der Waals surface area (Å²) < 4.78 is 19.3. The van der Waals surface area contributed by atoms with Crippen LogP contribution in [0.3, 0.4) is 0 Å². The van der Waals surface area contributed by atoms with E-state index in [0.717, 1.165) is 4.47 Å². The van der Waals surface area contributed by atoms with E-state index in [2.05, 4.69) is 26.1 Å². The highest BCUT2D eigenvalue weighted by molar-refractivity contribution is 9.10. The van der Waals surface area contributed by atoms with Gasteiger partial charge in [-0.25, -0.2) is 4.39 Å². The maximum Gasteiger partial charge on any atom is 0.260 e. The van der Waals surface area contributed by atoms with Crippen molar-refractivity contribution in [2.45, 2.75) is 19.4 Å². The topological polar surface area (TPSA) is 64.9 Å². The van der Waals surface area contributed by atoms with E-state index in [1.54, 1.807) is 12.1 Å². The summed E-state index contributed by atoms with van der Waals surface area (Å²) in [7, 11) is 0. The maximum absolute atomic E-state index is 13.6. The fraction of sp³-hybridized carbons (Fsp3) is 0.273. The van der Waals surface area contributed by atoms with Gasteiger partial charge in [-0.1, -0.05) is 28.0 Å². The van der Waals surface area contributed by atoms with Gasteiger partial charge in [-0.2, -0.15) is 4.98 Å². The zero-order valence-corrected chi connectivity index (χ0v) is 10.7. The lowest BCUT2D eigenvalue weighted by molar-refractivity contribution is 0.413. The first-order valence-corrected chi connectivity index (χ1v) is 5.95. The van der Waals surface area contributed by atoms with Crippen LogP contribution in [0.1, 0.15) is 25.2 Å². The maximum atomic E-state index is 13.6. The van der Waals surface area contributed by atoms with E-state index in [4.69, 9.17) is 10.3 Å². The van der Waals surface area contributed by atoms with Crippen molar-refractivity contribution in [3.05, 3.63) is 34.3 Å². The summed E-state index contributed by atoms with van der Waals surface area (Å²) in [4.78, 5) is 4.09. The molecule has 0 saturated carbocycles. The number of rotatable bonds is 3. The second kappa shape index (κ2) is 4.93. The van der Waals surface area contributed by atoms with Gasteiger partial charge in [-0.15, -0.1) is 0 Å². The van der Waals surface area contributed by atoms with E-state index in [1.807, 2.05) is 6.92 Å². The van der Waals surface area contributed by atoms with Crippen LogP contribution in [0.4, 0.5) is 4.39 Å². The minimum absolute atomic E-state index is 0.141. The molecule has 4 nitrogen and oxygen atoms in total. The largest absolute Gasteiger partial charge is 0.334 e. The standard InChI is InChI=1S/C11H11BrFN3O/c1-2-9(14)10-15-11(17-16-10)7-5-6(12)3-4-8(7)13/h3-5,9H,2,14H2,1H3. The summed E-state index contributed by atoms with van der Waals surface area (Å²) >= 11 is 3.26. The highest BCUT2D eigenvalue weighted by atomic mass is 79.9. The van der Waals surface area contributed by atoms with Crippen molar-refractivity contribution in [1.29, 1.82) is 0 Å². The number of halogens is 2. The third kappa shape index (κ3) is 2.53. The van der Waals surface area contributed by atoms with Gasteiger partial charge in [0.15, 0.2) is 5.82 Å². The smallest absolute Gasteiger partial charge is 0.260 e. The Labute approximate surface area is 106 Å². The number of hydrogen-bond donors (Lipinski definition) is 1. The molecule has 1 atom stereocenters. The number of nitrogens with two attached hydrogens (primary N) is 1. The van der Waals surface area contributed by atoms with Gasteiger partial charge in [0.1, 0.15) is 5.82 Å². The fourth-order valence-corrected chi connectivity index (χ4v) is 1.70. The molecule has 1 heterocycles. The van der Waals surface area contributed by atoms with Crippen molar-refractivity contribution in [2.75, 3.05) is 0 Å². The van der Waals surface area contributed by atoms with Crippen molar-refractivity contribution >= 4 is 15.9 Å². The first kappa shape index (κ1) is 12.2. The first-order valence-electron chi connectivity index (χ1n) is 5.16. The Morgan fingerprint density at radius 1 is 1.53 bits per heavy atom. The molecule has 1 aromatic carbocycles. The van der Waals surface area contributed by atoms with Gasteiger partial charge in [-0.05, 0) is 24.6 Å². The molecule has 2 N–H and O–H groups in total. The molecule has 0 saturated heterocycles. The molecular weight excluding hydrogens is 289 g/mol. The minimum Gasteiger partial charge on any atom is -0.334 e. The normalized spacial score (nSPS) is 12.7. The summed E-state index contributed by atoms with van der Waals surface area (Å²) in [5.74, 6) is 0.123. The zero-order chi connectivity index (χ0) is 12.4. The SMILES string of the molecule is CCC(N)c1noc(-c2cc(Br)ccc2F)n1. The molecule has 1 unspecified atom stereocenters. The van der Waals surface area contributed by atoms with E-state index in [1.165, 1.54) is 6.07 Å². The quantitative estimate of drug-likeness (QED) is 0.946. The molecule has 0 aliphatic rings. The van der Waals surface area contributed by atoms with Gasteiger partial charge in [0.2, 0.25) is 0 Å². The second-order valence-electron chi connectivity index (χ2n) is 3.60. The first-order chi connectivity index (χ1) is 8.11. The number of benzene rings is 1. The molecule has 0 spiro atoms. The van der Waals surface area contributed by atoms with Crippen LogP contribution in [0.2, 0.25) is 0 Å². The molecule has 0 amide bonds. The summed E-state index contributed by atoms with van der Waals surface area (Å²) in [6.45, 7) is 1.92. The lowest BCUT2D eigenvalue weighted by atomic mass is 10.2. The van der Waals surface area contributed by atoms with Crippen LogP contribution in [0.25, 0.3) is 11.5 Å². The third-order valence-electron chi connectivity index (χ3n) is 2.37. The summed E-state index contributed by atoms with van der Waals surface area (Å²) in [6, 6.07) is 4.24. The average molecular weight is 300 g/mol. The highest BCUT2D eigenvalue weighted by Gasteiger charge is 2.16. The average Bonchev–Trinajstić information content (AvgIpc) is 2.80. The van der Waals surface area contributed by atoms with Crippen molar-refractivity contribution in [2.24, 2.45) is 5.73 Å². The van der Waals surface area contributed by atoms with Crippen molar-refractivity contribution < 1.29 is 8.91 Å². The number of aromatic nitrogens is 2. The Kier molecular flexibility index (Phi) is 3.54. The minimum atomic E-state index is -0.409. The Bertz CT molecular complexity index is 529. The summed E-state index contributed by atoms with van der Waals surface area (Å²) in [6.07, 6.45) is 0.694. The molecule has 17 heavy (non-hydrogen) atoms. The van der Waals surface area contributed by atoms with Crippen LogP contribution < -0.4 is 5.73 Å². The summed E-state index contributed by atoms with van der Waals surface area (Å²) in [5.41, 5.74) is 6.03. The highest BCUT2D eigenvalue weighted by Crippen LogP contribution is 2.25. The van der Waals surface area contributed by atoms with Gasteiger partial charge in [-0.3, -0.25) is 0 Å². The predicted molar refractivity (Wildman–Crippen MR) is 64.6 cm³/mol. The molecule has 1 aromatic heterocycles. The lowest BCUT2D eigenvalue weighted by Gasteiger charge is -2.00. The number of nitrogens with zero attached hydrogens (tertiary/aromatic N) is 2. The van der Waals surface area contributed by atoms with Crippen LogP contribution in [0, 0.1) is 5.82 Å². The molecule has 2 aromatic rings. The van der Waals surface area contributed by atoms with Gasteiger partial charge >= 0.3 is 0 Å². The Morgan fingerprint density at radius 3 is 3.00 bits per heavy atom. The van der Waals surface area contributed by atoms with Crippen molar-refractivity contribution in [3.63, 3.8) is 0 Å². The predicted octanol–water partition coefficient (Wildman–Crippen LogP) is 3.05. The van der Waals surface area contributed by atoms with E-state index in [9.17, 15) is 4.39 Å². The summed E-state index contributed by atoms with van der Waals surface area (Å²) in [5, 5.41) is 3.74. The Morgan fingerprint density at radius 2 is 2.29 bits per heavy atom. The van der Waals surface area contributed by atoms with E-state index in [-0.39, 0.29) is 17.5 Å². The molecule has 2 rings (SSSR count). The van der Waals surface area contributed by atoms with Crippen LogP contribution in [-0.2, 0) is 0 Å².